The lowest BCUT2D eigenvalue weighted by molar-refractivity contribution is 0.266. The van der Waals surface area contributed by atoms with Gasteiger partial charge in [0.1, 0.15) is 4.47 Å². The highest BCUT2D eigenvalue weighted by molar-refractivity contribution is 9.10. The molecule has 0 aliphatic carbocycles. The molecule has 1 heterocycles. The van der Waals surface area contributed by atoms with Gasteiger partial charge in [-0.1, -0.05) is 13.8 Å². The first-order valence-corrected chi connectivity index (χ1v) is 7.92. The van der Waals surface area contributed by atoms with Gasteiger partial charge in [0.05, 0.1) is 25.0 Å². The highest BCUT2D eigenvalue weighted by Crippen LogP contribution is 2.19. The zero-order valence-electron chi connectivity index (χ0n) is 13.1. The average Bonchev–Trinajstić information content (AvgIpc) is 2.37. The van der Waals surface area contributed by atoms with Crippen LogP contribution < -0.4 is 10.9 Å². The van der Waals surface area contributed by atoms with Crippen LogP contribution >= 0.6 is 15.9 Å². The summed E-state index contributed by atoms with van der Waals surface area (Å²) in [4.78, 5) is 14.2. The van der Waals surface area contributed by atoms with Crippen molar-refractivity contribution >= 4 is 21.6 Å². The third-order valence-electron chi connectivity index (χ3n) is 3.00. The molecule has 0 aliphatic heterocycles. The van der Waals surface area contributed by atoms with Crippen LogP contribution in [0.25, 0.3) is 0 Å². The summed E-state index contributed by atoms with van der Waals surface area (Å²) in [6, 6.07) is 0.242. The summed E-state index contributed by atoms with van der Waals surface area (Å²) in [5.74, 6) is 0.559. The lowest BCUT2D eigenvalue weighted by atomic mass is 10.0. The van der Waals surface area contributed by atoms with Gasteiger partial charge in [-0.05, 0) is 42.4 Å². The van der Waals surface area contributed by atoms with Crippen LogP contribution in [0.3, 0.4) is 0 Å². The van der Waals surface area contributed by atoms with Gasteiger partial charge < -0.3 is 15.3 Å². The molecule has 1 aromatic heterocycles. The molecule has 0 fully saturated rings. The molecule has 2 N–H and O–H groups in total. The van der Waals surface area contributed by atoms with Crippen molar-refractivity contribution in [3.05, 3.63) is 21.0 Å². The summed E-state index contributed by atoms with van der Waals surface area (Å²) in [7, 11) is 4.06. The van der Waals surface area contributed by atoms with Gasteiger partial charge in [-0.2, -0.15) is 5.10 Å². The Morgan fingerprint density at radius 2 is 2.14 bits per heavy atom. The van der Waals surface area contributed by atoms with Gasteiger partial charge in [0.15, 0.2) is 0 Å². The molecular formula is C14H25BrN4O2. The third kappa shape index (κ3) is 5.76. The number of aliphatic hydroxyl groups excluding tert-OH is 1. The number of halogens is 1. The Kier molecular flexibility index (Phi) is 7.34. The average molecular weight is 361 g/mol. The minimum absolute atomic E-state index is 0.108. The predicted molar refractivity (Wildman–Crippen MR) is 88.7 cm³/mol. The standard InChI is InChI=1S/C14H25BrN4O2/c1-10(2)7-11(9-18(3)4)17-12-8-16-19(5-6-20)14(21)13(12)15/h8,10-11,17,20H,5-7,9H2,1-4H3. The minimum Gasteiger partial charge on any atom is -0.394 e. The molecule has 0 bridgehead atoms. The number of hydrogen-bond donors (Lipinski definition) is 2. The van der Waals surface area contributed by atoms with Crippen LogP contribution in [0, 0.1) is 5.92 Å². The molecule has 0 amide bonds. The first kappa shape index (κ1) is 18.1. The summed E-state index contributed by atoms with van der Waals surface area (Å²) < 4.78 is 1.71. The van der Waals surface area contributed by atoms with Gasteiger partial charge in [0, 0.05) is 12.6 Å². The molecule has 7 heteroatoms. The first-order chi connectivity index (χ1) is 9.85. The van der Waals surface area contributed by atoms with Crippen molar-refractivity contribution < 1.29 is 5.11 Å². The lowest BCUT2D eigenvalue weighted by Crippen LogP contribution is -2.35. The van der Waals surface area contributed by atoms with Gasteiger partial charge in [-0.3, -0.25) is 4.79 Å². The fourth-order valence-corrected chi connectivity index (χ4v) is 2.65. The van der Waals surface area contributed by atoms with E-state index in [0.29, 0.717) is 16.1 Å². The number of likely N-dealkylation sites (N-methyl/N-ethyl adjacent to an activating group) is 1. The van der Waals surface area contributed by atoms with Gasteiger partial charge in [-0.15, -0.1) is 0 Å². The van der Waals surface area contributed by atoms with Crippen molar-refractivity contribution in [2.24, 2.45) is 5.92 Å². The van der Waals surface area contributed by atoms with Crippen molar-refractivity contribution in [1.82, 2.24) is 14.7 Å². The number of rotatable bonds is 8. The molecule has 0 saturated heterocycles. The molecule has 120 valence electrons. The maximum Gasteiger partial charge on any atom is 0.283 e. The quantitative estimate of drug-likeness (QED) is 0.732. The summed E-state index contributed by atoms with van der Waals surface area (Å²) in [6.45, 7) is 5.33. The van der Waals surface area contributed by atoms with Gasteiger partial charge >= 0.3 is 0 Å². The molecular weight excluding hydrogens is 336 g/mol. The fraction of sp³-hybridized carbons (Fsp3) is 0.714. The van der Waals surface area contributed by atoms with E-state index in [1.54, 1.807) is 6.20 Å². The van der Waals surface area contributed by atoms with Crippen molar-refractivity contribution in [2.45, 2.75) is 32.9 Å². The SMILES string of the molecule is CC(C)CC(CN(C)C)Nc1cnn(CCO)c(=O)c1Br. The maximum absolute atomic E-state index is 12.1. The highest BCUT2D eigenvalue weighted by atomic mass is 79.9. The minimum atomic E-state index is -0.234. The van der Waals surface area contributed by atoms with E-state index < -0.39 is 0 Å². The van der Waals surface area contributed by atoms with Crippen LogP contribution in [-0.2, 0) is 6.54 Å². The lowest BCUT2D eigenvalue weighted by Gasteiger charge is -2.25. The Labute approximate surface area is 134 Å². The Balaban J connectivity index is 2.93. The number of aromatic nitrogens is 2. The molecule has 6 nitrogen and oxygen atoms in total. The number of aliphatic hydroxyl groups is 1. The topological polar surface area (TPSA) is 70.4 Å². The zero-order chi connectivity index (χ0) is 16.0. The zero-order valence-corrected chi connectivity index (χ0v) is 14.7. The molecule has 1 rings (SSSR count). The van der Waals surface area contributed by atoms with E-state index >= 15 is 0 Å². The second-order valence-electron chi connectivity index (χ2n) is 5.86. The van der Waals surface area contributed by atoms with Crippen molar-refractivity contribution in [2.75, 3.05) is 32.6 Å². The second-order valence-corrected chi connectivity index (χ2v) is 6.65. The predicted octanol–water partition coefficient (Wildman–Crippen LogP) is 1.39. The maximum atomic E-state index is 12.1. The second kappa shape index (κ2) is 8.51. The first-order valence-electron chi connectivity index (χ1n) is 7.12. The van der Waals surface area contributed by atoms with Crippen molar-refractivity contribution in [3.8, 4) is 0 Å². The van der Waals surface area contributed by atoms with Crippen LogP contribution in [0.2, 0.25) is 0 Å². The smallest absolute Gasteiger partial charge is 0.283 e. The van der Waals surface area contributed by atoms with Crippen LogP contribution in [-0.4, -0.2) is 53.1 Å². The van der Waals surface area contributed by atoms with Crippen molar-refractivity contribution in [3.63, 3.8) is 0 Å². The Morgan fingerprint density at radius 1 is 1.48 bits per heavy atom. The Hall–Kier alpha value is -0.920. The van der Waals surface area contributed by atoms with E-state index in [-0.39, 0.29) is 24.8 Å². The molecule has 1 atom stereocenters. The summed E-state index contributed by atoms with van der Waals surface area (Å²) >= 11 is 3.33. The van der Waals surface area contributed by atoms with E-state index in [0.717, 1.165) is 13.0 Å². The molecule has 0 spiro atoms. The van der Waals surface area contributed by atoms with E-state index in [1.807, 2.05) is 14.1 Å². The number of hydrogen-bond acceptors (Lipinski definition) is 5. The number of anilines is 1. The Bertz CT molecular complexity index is 492. The van der Waals surface area contributed by atoms with E-state index in [1.165, 1.54) is 4.68 Å². The van der Waals surface area contributed by atoms with Crippen LogP contribution in [0.1, 0.15) is 20.3 Å². The largest absolute Gasteiger partial charge is 0.394 e. The highest BCUT2D eigenvalue weighted by Gasteiger charge is 2.15. The normalized spacial score (nSPS) is 13.0. The van der Waals surface area contributed by atoms with Gasteiger partial charge in [-0.25, -0.2) is 4.68 Å². The Morgan fingerprint density at radius 3 is 2.67 bits per heavy atom. The number of nitrogens with zero attached hydrogens (tertiary/aromatic N) is 3. The van der Waals surface area contributed by atoms with Crippen LogP contribution in [0.4, 0.5) is 5.69 Å². The third-order valence-corrected chi connectivity index (χ3v) is 3.76. The molecule has 1 aromatic rings. The van der Waals surface area contributed by atoms with E-state index in [9.17, 15) is 4.79 Å². The van der Waals surface area contributed by atoms with Gasteiger partial charge in [0.25, 0.3) is 5.56 Å². The molecule has 1 unspecified atom stereocenters. The molecule has 21 heavy (non-hydrogen) atoms. The summed E-state index contributed by atoms with van der Waals surface area (Å²) in [5, 5.41) is 16.4. The summed E-state index contributed by atoms with van der Waals surface area (Å²) in [6.07, 6.45) is 2.63. The van der Waals surface area contributed by atoms with Crippen molar-refractivity contribution in [1.29, 1.82) is 0 Å². The number of nitrogens with one attached hydrogen (secondary N) is 1. The van der Waals surface area contributed by atoms with Crippen LogP contribution in [0.5, 0.6) is 0 Å². The molecule has 0 radical (unpaired) electrons. The molecule has 0 aliphatic rings. The molecule has 0 aromatic carbocycles. The molecule has 0 saturated carbocycles. The summed E-state index contributed by atoms with van der Waals surface area (Å²) in [5.41, 5.74) is 0.462. The van der Waals surface area contributed by atoms with Gasteiger partial charge in [0.2, 0.25) is 0 Å². The van der Waals surface area contributed by atoms with E-state index in [4.69, 9.17) is 5.11 Å². The van der Waals surface area contributed by atoms with E-state index in [2.05, 4.69) is 45.1 Å². The monoisotopic (exact) mass is 360 g/mol. The fourth-order valence-electron chi connectivity index (χ4n) is 2.23. The van der Waals surface area contributed by atoms with Crippen LogP contribution in [0.15, 0.2) is 15.5 Å².